The Labute approximate surface area is 136 Å². The number of nitrogens with zero attached hydrogens (tertiary/aromatic N) is 5. The molecule has 0 aromatic carbocycles. The highest BCUT2D eigenvalue weighted by atomic mass is 79.9. The summed E-state index contributed by atoms with van der Waals surface area (Å²) in [6.45, 7) is 1.57. The van der Waals surface area contributed by atoms with E-state index in [2.05, 4.69) is 36.2 Å². The predicted octanol–water partition coefficient (Wildman–Crippen LogP) is 1.41. The van der Waals surface area contributed by atoms with Crippen LogP contribution in [0.5, 0.6) is 0 Å². The van der Waals surface area contributed by atoms with Crippen LogP contribution in [0, 0.1) is 0 Å². The summed E-state index contributed by atoms with van der Waals surface area (Å²) in [6, 6.07) is 0.215. The molecule has 1 fully saturated rings. The molecule has 1 saturated heterocycles. The van der Waals surface area contributed by atoms with Crippen molar-refractivity contribution in [1.82, 2.24) is 19.5 Å². The van der Waals surface area contributed by atoms with E-state index < -0.39 is 0 Å². The third-order valence-electron chi connectivity index (χ3n) is 3.73. The Morgan fingerprint density at radius 1 is 1.41 bits per heavy atom. The Kier molecular flexibility index (Phi) is 4.37. The molecule has 0 unspecified atom stereocenters. The Bertz CT molecular complexity index is 718. The summed E-state index contributed by atoms with van der Waals surface area (Å²) >= 11 is 3.44. The van der Waals surface area contributed by atoms with Crippen molar-refractivity contribution in [1.29, 1.82) is 0 Å². The van der Waals surface area contributed by atoms with E-state index >= 15 is 0 Å². The van der Waals surface area contributed by atoms with Crippen LogP contribution < -0.4 is 15.8 Å². The Hall–Kier alpha value is -1.96. The molecule has 1 aliphatic heterocycles. The minimum Gasteiger partial charge on any atom is -0.365 e. The Balaban J connectivity index is 1.76. The maximum absolute atomic E-state index is 12.2. The van der Waals surface area contributed by atoms with Crippen molar-refractivity contribution in [2.24, 2.45) is 7.05 Å². The van der Waals surface area contributed by atoms with Crippen LogP contribution in [0.3, 0.4) is 0 Å². The number of piperidine rings is 1. The molecular formula is C14H17BrN6O. The average molecular weight is 365 g/mol. The van der Waals surface area contributed by atoms with Crippen LogP contribution in [0.15, 0.2) is 34.2 Å². The largest absolute Gasteiger partial charge is 0.365 e. The average Bonchev–Trinajstić information content (AvgIpc) is 2.53. The monoisotopic (exact) mass is 364 g/mol. The van der Waals surface area contributed by atoms with Crippen molar-refractivity contribution in [3.05, 3.63) is 39.7 Å². The van der Waals surface area contributed by atoms with E-state index in [1.807, 2.05) is 4.90 Å². The van der Waals surface area contributed by atoms with E-state index in [-0.39, 0.29) is 11.6 Å². The van der Waals surface area contributed by atoms with E-state index in [4.69, 9.17) is 0 Å². The van der Waals surface area contributed by atoms with Crippen molar-refractivity contribution in [3.63, 3.8) is 0 Å². The molecule has 3 rings (SSSR count). The molecule has 1 N–H and O–H groups in total. The summed E-state index contributed by atoms with van der Waals surface area (Å²) in [6.07, 6.45) is 8.59. The Morgan fingerprint density at radius 2 is 2.27 bits per heavy atom. The molecule has 3 heterocycles. The lowest BCUT2D eigenvalue weighted by Gasteiger charge is -2.33. The lowest BCUT2D eigenvalue weighted by molar-refractivity contribution is 0.522. The zero-order valence-electron chi connectivity index (χ0n) is 12.2. The molecule has 0 saturated carbocycles. The predicted molar refractivity (Wildman–Crippen MR) is 88.1 cm³/mol. The minimum absolute atomic E-state index is 0.0635. The van der Waals surface area contributed by atoms with Gasteiger partial charge in [0.05, 0.1) is 4.47 Å². The molecule has 8 heteroatoms. The summed E-state index contributed by atoms with van der Waals surface area (Å²) in [7, 11) is 1.74. The molecule has 1 aliphatic rings. The van der Waals surface area contributed by atoms with Crippen LogP contribution in [0.4, 0.5) is 11.6 Å². The van der Waals surface area contributed by atoms with Gasteiger partial charge in [0.15, 0.2) is 5.82 Å². The quantitative estimate of drug-likeness (QED) is 0.887. The first-order chi connectivity index (χ1) is 10.6. The standard InChI is InChI=1S/C14H17BrN6O/c1-20-6-4-17-13(14(20)22)21-5-2-3-10(8-21)19-12-11(15)7-16-9-18-12/h4,6-7,9-10H,2-3,5,8H2,1H3,(H,16,18,19)/t10-/m1/s1. The number of nitrogens with one attached hydrogen (secondary N) is 1. The summed E-state index contributed by atoms with van der Waals surface area (Å²) in [5.41, 5.74) is -0.0635. The van der Waals surface area contributed by atoms with Gasteiger partial charge < -0.3 is 14.8 Å². The SMILES string of the molecule is Cn1ccnc(N2CCC[C@@H](Nc3ncncc3Br)C2)c1=O. The van der Waals surface area contributed by atoms with E-state index in [1.54, 1.807) is 30.2 Å². The van der Waals surface area contributed by atoms with Gasteiger partial charge in [-0.2, -0.15) is 0 Å². The van der Waals surface area contributed by atoms with Crippen molar-refractivity contribution in [3.8, 4) is 0 Å². The highest BCUT2D eigenvalue weighted by molar-refractivity contribution is 9.10. The molecule has 22 heavy (non-hydrogen) atoms. The van der Waals surface area contributed by atoms with Gasteiger partial charge in [0.25, 0.3) is 5.56 Å². The third-order valence-corrected chi connectivity index (χ3v) is 4.31. The normalized spacial score (nSPS) is 18.3. The van der Waals surface area contributed by atoms with Crippen LogP contribution in [-0.4, -0.2) is 38.7 Å². The number of rotatable bonds is 3. The first-order valence-corrected chi connectivity index (χ1v) is 7.93. The van der Waals surface area contributed by atoms with Gasteiger partial charge in [0.2, 0.25) is 0 Å². The number of hydrogen-bond donors (Lipinski definition) is 1. The summed E-state index contributed by atoms with van der Waals surface area (Å²) in [4.78, 5) is 26.7. The second-order valence-electron chi connectivity index (χ2n) is 5.32. The summed E-state index contributed by atoms with van der Waals surface area (Å²) in [5, 5.41) is 3.41. The van der Waals surface area contributed by atoms with Crippen molar-refractivity contribution >= 4 is 27.6 Å². The molecule has 1 atom stereocenters. The highest BCUT2D eigenvalue weighted by Crippen LogP contribution is 2.22. The zero-order valence-corrected chi connectivity index (χ0v) is 13.8. The van der Waals surface area contributed by atoms with Crippen molar-refractivity contribution < 1.29 is 0 Å². The summed E-state index contributed by atoms with van der Waals surface area (Å²) in [5.74, 6) is 1.29. The highest BCUT2D eigenvalue weighted by Gasteiger charge is 2.23. The molecule has 0 amide bonds. The lowest BCUT2D eigenvalue weighted by atomic mass is 10.1. The molecule has 2 aromatic rings. The number of halogens is 1. The molecule has 0 bridgehead atoms. The number of aryl methyl sites for hydroxylation is 1. The fourth-order valence-corrected chi connectivity index (χ4v) is 2.94. The van der Waals surface area contributed by atoms with Gasteiger partial charge in [-0.1, -0.05) is 0 Å². The topological polar surface area (TPSA) is 75.9 Å². The summed E-state index contributed by atoms with van der Waals surface area (Å²) < 4.78 is 2.39. The van der Waals surface area contributed by atoms with Crippen LogP contribution in [-0.2, 0) is 7.05 Å². The van der Waals surface area contributed by atoms with Crippen LogP contribution in [0.1, 0.15) is 12.8 Å². The van der Waals surface area contributed by atoms with E-state index in [9.17, 15) is 4.79 Å². The van der Waals surface area contributed by atoms with Crippen molar-refractivity contribution in [2.75, 3.05) is 23.3 Å². The number of aromatic nitrogens is 4. The molecule has 7 nitrogen and oxygen atoms in total. The molecule has 2 aromatic heterocycles. The molecular weight excluding hydrogens is 348 g/mol. The second-order valence-corrected chi connectivity index (χ2v) is 6.17. The maximum Gasteiger partial charge on any atom is 0.293 e. The van der Waals surface area contributed by atoms with Gasteiger partial charge in [0.1, 0.15) is 12.1 Å². The third kappa shape index (κ3) is 3.11. The van der Waals surface area contributed by atoms with Gasteiger partial charge in [-0.3, -0.25) is 4.79 Å². The first kappa shape index (κ1) is 15.0. The minimum atomic E-state index is -0.0635. The zero-order chi connectivity index (χ0) is 15.5. The number of anilines is 2. The van der Waals surface area contributed by atoms with Crippen molar-refractivity contribution in [2.45, 2.75) is 18.9 Å². The molecule has 0 radical (unpaired) electrons. The number of hydrogen-bond acceptors (Lipinski definition) is 6. The van der Waals surface area contributed by atoms with Crippen LogP contribution in [0.25, 0.3) is 0 Å². The maximum atomic E-state index is 12.2. The van der Waals surface area contributed by atoms with Gasteiger partial charge in [-0.25, -0.2) is 15.0 Å². The molecule has 0 spiro atoms. The molecule has 0 aliphatic carbocycles. The van der Waals surface area contributed by atoms with E-state index in [0.29, 0.717) is 5.82 Å². The molecule has 116 valence electrons. The van der Waals surface area contributed by atoms with Crippen LogP contribution >= 0.6 is 15.9 Å². The van der Waals surface area contributed by atoms with Gasteiger partial charge in [-0.05, 0) is 28.8 Å². The van der Waals surface area contributed by atoms with Gasteiger partial charge >= 0.3 is 0 Å². The van der Waals surface area contributed by atoms with Gasteiger partial charge in [-0.15, -0.1) is 0 Å². The fraction of sp³-hybridized carbons (Fsp3) is 0.429. The fourth-order valence-electron chi connectivity index (χ4n) is 2.60. The Morgan fingerprint density at radius 3 is 3.09 bits per heavy atom. The van der Waals surface area contributed by atoms with Gasteiger partial charge in [0, 0.05) is 44.8 Å². The van der Waals surface area contributed by atoms with E-state index in [0.717, 1.165) is 36.2 Å². The second kappa shape index (κ2) is 6.43. The lowest BCUT2D eigenvalue weighted by Crippen LogP contribution is -2.45. The van der Waals surface area contributed by atoms with E-state index in [1.165, 1.54) is 6.33 Å². The first-order valence-electron chi connectivity index (χ1n) is 7.14. The smallest absolute Gasteiger partial charge is 0.293 e. The van der Waals surface area contributed by atoms with Crippen LogP contribution in [0.2, 0.25) is 0 Å².